The molecular formula is C25H28FNO3. The lowest BCUT2D eigenvalue weighted by molar-refractivity contribution is 0.00702. The molecule has 0 heterocycles. The SMILES string of the molecule is COc1ccccc1CN(Cc1ccc(F)cc1)C[C@H](O)COCc1ccccc1. The van der Waals surface area contributed by atoms with Crippen molar-refractivity contribution in [2.75, 3.05) is 20.3 Å². The zero-order valence-corrected chi connectivity index (χ0v) is 17.2. The number of aliphatic hydroxyl groups excluding tert-OH is 1. The molecular weight excluding hydrogens is 381 g/mol. The van der Waals surface area contributed by atoms with Crippen LogP contribution in [0.1, 0.15) is 16.7 Å². The van der Waals surface area contributed by atoms with Crippen LogP contribution in [0.5, 0.6) is 5.75 Å². The van der Waals surface area contributed by atoms with Crippen LogP contribution in [-0.2, 0) is 24.4 Å². The van der Waals surface area contributed by atoms with E-state index in [0.717, 1.165) is 22.4 Å². The number of methoxy groups -OCH3 is 1. The molecule has 0 aliphatic heterocycles. The maximum absolute atomic E-state index is 13.3. The number of hydrogen-bond donors (Lipinski definition) is 1. The summed E-state index contributed by atoms with van der Waals surface area (Å²) in [5.41, 5.74) is 3.07. The van der Waals surface area contributed by atoms with Gasteiger partial charge in [0.1, 0.15) is 11.6 Å². The highest BCUT2D eigenvalue weighted by atomic mass is 19.1. The van der Waals surface area contributed by atoms with Crippen molar-refractivity contribution in [1.29, 1.82) is 0 Å². The van der Waals surface area contributed by atoms with Gasteiger partial charge in [0.15, 0.2) is 0 Å². The second-order valence-corrected chi connectivity index (χ2v) is 7.26. The van der Waals surface area contributed by atoms with E-state index in [4.69, 9.17) is 9.47 Å². The van der Waals surface area contributed by atoms with Gasteiger partial charge in [0.25, 0.3) is 0 Å². The van der Waals surface area contributed by atoms with Gasteiger partial charge in [0.05, 0.1) is 26.4 Å². The summed E-state index contributed by atoms with van der Waals surface area (Å²) in [6.45, 7) is 2.29. The van der Waals surface area contributed by atoms with Crippen LogP contribution in [-0.4, -0.2) is 36.4 Å². The van der Waals surface area contributed by atoms with Gasteiger partial charge in [-0.1, -0.05) is 60.7 Å². The van der Waals surface area contributed by atoms with Crippen molar-refractivity contribution in [3.63, 3.8) is 0 Å². The van der Waals surface area contributed by atoms with Crippen LogP contribution in [0.4, 0.5) is 4.39 Å². The molecule has 5 heteroatoms. The van der Waals surface area contributed by atoms with Crippen LogP contribution < -0.4 is 4.74 Å². The van der Waals surface area contributed by atoms with Crippen LogP contribution in [0.25, 0.3) is 0 Å². The number of hydrogen-bond acceptors (Lipinski definition) is 4. The minimum atomic E-state index is -0.649. The highest BCUT2D eigenvalue weighted by Crippen LogP contribution is 2.21. The van der Waals surface area contributed by atoms with E-state index in [2.05, 4.69) is 4.90 Å². The third kappa shape index (κ3) is 6.95. The highest BCUT2D eigenvalue weighted by Gasteiger charge is 2.15. The van der Waals surface area contributed by atoms with Crippen molar-refractivity contribution in [1.82, 2.24) is 4.90 Å². The van der Waals surface area contributed by atoms with Gasteiger partial charge in [0.2, 0.25) is 0 Å². The van der Waals surface area contributed by atoms with Crippen molar-refractivity contribution in [2.24, 2.45) is 0 Å². The standard InChI is InChI=1S/C25H28FNO3/c1-29-25-10-6-5-9-22(25)16-27(15-20-11-13-23(26)14-12-20)17-24(28)19-30-18-21-7-3-2-4-8-21/h2-14,24,28H,15-19H2,1H3/t24-/m0/s1. The molecule has 0 unspecified atom stereocenters. The first kappa shape index (κ1) is 22.0. The van der Waals surface area contributed by atoms with E-state index in [-0.39, 0.29) is 12.4 Å². The zero-order valence-electron chi connectivity index (χ0n) is 17.2. The summed E-state index contributed by atoms with van der Waals surface area (Å²) in [5.74, 6) is 0.542. The fraction of sp³-hybridized carbons (Fsp3) is 0.280. The Labute approximate surface area is 177 Å². The summed E-state index contributed by atoms with van der Waals surface area (Å²) in [6, 6.07) is 24.1. The van der Waals surface area contributed by atoms with Crippen molar-refractivity contribution in [3.05, 3.63) is 101 Å². The van der Waals surface area contributed by atoms with Gasteiger partial charge in [0, 0.05) is 25.2 Å². The smallest absolute Gasteiger partial charge is 0.123 e. The molecule has 0 saturated heterocycles. The maximum Gasteiger partial charge on any atom is 0.123 e. The molecule has 158 valence electrons. The van der Waals surface area contributed by atoms with E-state index in [9.17, 15) is 9.50 Å². The Morgan fingerprint density at radius 2 is 1.57 bits per heavy atom. The van der Waals surface area contributed by atoms with E-state index in [1.165, 1.54) is 12.1 Å². The van der Waals surface area contributed by atoms with Crippen LogP contribution in [0.3, 0.4) is 0 Å². The van der Waals surface area contributed by atoms with Gasteiger partial charge in [-0.25, -0.2) is 4.39 Å². The van der Waals surface area contributed by atoms with Gasteiger partial charge in [-0.05, 0) is 29.3 Å². The molecule has 0 aliphatic carbocycles. The highest BCUT2D eigenvalue weighted by molar-refractivity contribution is 5.33. The summed E-state index contributed by atoms with van der Waals surface area (Å²) in [7, 11) is 1.65. The third-order valence-electron chi connectivity index (χ3n) is 4.80. The second kappa shape index (κ2) is 11.5. The van der Waals surface area contributed by atoms with Crippen molar-refractivity contribution < 1.29 is 19.0 Å². The molecule has 1 N–H and O–H groups in total. The summed E-state index contributed by atoms with van der Waals surface area (Å²) < 4.78 is 24.4. The van der Waals surface area contributed by atoms with Crippen molar-refractivity contribution in [3.8, 4) is 5.75 Å². The molecule has 0 aromatic heterocycles. The molecule has 0 aliphatic rings. The summed E-state index contributed by atoms with van der Waals surface area (Å²) in [5, 5.41) is 10.6. The first-order valence-corrected chi connectivity index (χ1v) is 10.0. The quantitative estimate of drug-likeness (QED) is 0.509. The van der Waals surface area contributed by atoms with Gasteiger partial charge >= 0.3 is 0 Å². The summed E-state index contributed by atoms with van der Waals surface area (Å²) >= 11 is 0. The van der Waals surface area contributed by atoms with E-state index < -0.39 is 6.10 Å². The lowest BCUT2D eigenvalue weighted by atomic mass is 10.1. The fourth-order valence-corrected chi connectivity index (χ4v) is 3.35. The Morgan fingerprint density at radius 3 is 2.30 bits per heavy atom. The Hall–Kier alpha value is -2.73. The molecule has 3 rings (SSSR count). The molecule has 1 atom stereocenters. The van der Waals surface area contributed by atoms with Gasteiger partial charge in [-0.2, -0.15) is 0 Å². The Bertz CT molecular complexity index is 886. The van der Waals surface area contributed by atoms with E-state index in [1.54, 1.807) is 19.2 Å². The Kier molecular flexibility index (Phi) is 8.39. The number of benzene rings is 3. The molecule has 4 nitrogen and oxygen atoms in total. The summed E-state index contributed by atoms with van der Waals surface area (Å²) in [6.07, 6.45) is -0.649. The fourth-order valence-electron chi connectivity index (χ4n) is 3.35. The average molecular weight is 410 g/mol. The lowest BCUT2D eigenvalue weighted by Gasteiger charge is -2.26. The Balaban J connectivity index is 1.62. The maximum atomic E-state index is 13.3. The van der Waals surface area contributed by atoms with E-state index in [0.29, 0.717) is 26.2 Å². The molecule has 0 amide bonds. The topological polar surface area (TPSA) is 41.9 Å². The molecule has 0 saturated carbocycles. The number of para-hydroxylation sites is 1. The van der Waals surface area contributed by atoms with Crippen molar-refractivity contribution in [2.45, 2.75) is 25.8 Å². The number of ether oxygens (including phenoxy) is 2. The number of rotatable bonds is 11. The minimum Gasteiger partial charge on any atom is -0.496 e. The lowest BCUT2D eigenvalue weighted by Crippen LogP contribution is -2.34. The van der Waals surface area contributed by atoms with Crippen LogP contribution >= 0.6 is 0 Å². The summed E-state index contributed by atoms with van der Waals surface area (Å²) in [4.78, 5) is 2.11. The number of halogens is 1. The predicted octanol–water partition coefficient (Wildman–Crippen LogP) is 4.41. The average Bonchev–Trinajstić information content (AvgIpc) is 2.76. The second-order valence-electron chi connectivity index (χ2n) is 7.26. The molecule has 3 aromatic rings. The first-order chi connectivity index (χ1) is 14.6. The van der Waals surface area contributed by atoms with Crippen LogP contribution in [0.15, 0.2) is 78.9 Å². The van der Waals surface area contributed by atoms with Crippen LogP contribution in [0, 0.1) is 5.82 Å². The van der Waals surface area contributed by atoms with Crippen LogP contribution in [0.2, 0.25) is 0 Å². The number of nitrogens with zero attached hydrogens (tertiary/aromatic N) is 1. The largest absolute Gasteiger partial charge is 0.496 e. The monoisotopic (exact) mass is 409 g/mol. The first-order valence-electron chi connectivity index (χ1n) is 10.0. The van der Waals surface area contributed by atoms with Gasteiger partial charge < -0.3 is 14.6 Å². The molecule has 0 fully saturated rings. The number of aliphatic hydroxyl groups is 1. The molecule has 0 spiro atoms. The Morgan fingerprint density at radius 1 is 0.867 bits per heavy atom. The molecule has 0 bridgehead atoms. The minimum absolute atomic E-state index is 0.237. The van der Waals surface area contributed by atoms with Gasteiger partial charge in [-0.15, -0.1) is 0 Å². The molecule has 0 radical (unpaired) electrons. The molecule has 3 aromatic carbocycles. The van der Waals surface area contributed by atoms with Gasteiger partial charge in [-0.3, -0.25) is 4.90 Å². The van der Waals surface area contributed by atoms with E-state index >= 15 is 0 Å². The normalized spacial score (nSPS) is 12.1. The molecule has 30 heavy (non-hydrogen) atoms. The van der Waals surface area contributed by atoms with E-state index in [1.807, 2.05) is 54.6 Å². The zero-order chi connectivity index (χ0) is 21.2. The predicted molar refractivity (Wildman–Crippen MR) is 116 cm³/mol. The van der Waals surface area contributed by atoms with Crippen molar-refractivity contribution >= 4 is 0 Å². The third-order valence-corrected chi connectivity index (χ3v) is 4.80.